The summed E-state index contributed by atoms with van der Waals surface area (Å²) in [6, 6.07) is -0.134. The maximum Gasteiger partial charge on any atom is 0.179 e. The molecule has 0 saturated carbocycles. The lowest BCUT2D eigenvalue weighted by Gasteiger charge is -2.47. The van der Waals surface area contributed by atoms with Crippen LogP contribution in [-0.2, 0) is 9.53 Å². The topological polar surface area (TPSA) is 58.6 Å². The van der Waals surface area contributed by atoms with Gasteiger partial charge in [-0.25, -0.2) is 0 Å². The Bertz CT molecular complexity index is 845. The number of hydrogen-bond donors (Lipinski definition) is 2. The van der Waals surface area contributed by atoms with E-state index in [1.54, 1.807) is 6.08 Å². The Kier molecular flexibility index (Phi) is 9.79. The zero-order valence-corrected chi connectivity index (χ0v) is 22.2. The average molecular weight is 470 g/mol. The fourth-order valence-electron chi connectivity index (χ4n) is 5.62. The van der Waals surface area contributed by atoms with Crippen LogP contribution < -0.4 is 5.32 Å². The van der Waals surface area contributed by atoms with Crippen LogP contribution in [0.25, 0.3) is 0 Å². The van der Waals surface area contributed by atoms with Crippen molar-refractivity contribution in [2.45, 2.75) is 123 Å². The molecule has 0 bridgehead atoms. The van der Waals surface area contributed by atoms with Gasteiger partial charge in [-0.2, -0.15) is 0 Å². The van der Waals surface area contributed by atoms with Gasteiger partial charge >= 0.3 is 0 Å². The third-order valence-electron chi connectivity index (χ3n) is 7.85. The molecule has 190 valence electrons. The van der Waals surface area contributed by atoms with Crippen LogP contribution in [0.2, 0.25) is 0 Å². The number of aliphatic hydroxyl groups is 1. The number of fused-ring (bicyclic) bond motifs is 2. The molecule has 2 heterocycles. The van der Waals surface area contributed by atoms with Crippen molar-refractivity contribution in [3.63, 3.8) is 0 Å². The van der Waals surface area contributed by atoms with E-state index in [1.807, 2.05) is 0 Å². The van der Waals surface area contributed by atoms with Gasteiger partial charge < -0.3 is 15.2 Å². The Morgan fingerprint density at radius 1 is 1.21 bits per heavy atom. The first-order valence-corrected chi connectivity index (χ1v) is 13.6. The van der Waals surface area contributed by atoms with Gasteiger partial charge in [0.25, 0.3) is 0 Å². The lowest BCUT2D eigenvalue weighted by molar-refractivity contribution is -0.135. The molecule has 0 radical (unpaired) electrons. The summed E-state index contributed by atoms with van der Waals surface area (Å²) in [6.07, 6.45) is 17.7. The minimum Gasteiger partial charge on any atom is -0.512 e. The molecule has 0 amide bonds. The van der Waals surface area contributed by atoms with E-state index in [2.05, 4.69) is 52.1 Å². The fourth-order valence-corrected chi connectivity index (χ4v) is 5.62. The van der Waals surface area contributed by atoms with E-state index in [0.29, 0.717) is 17.9 Å². The van der Waals surface area contributed by atoms with Crippen molar-refractivity contribution >= 4 is 5.78 Å². The Balaban J connectivity index is 1.62. The summed E-state index contributed by atoms with van der Waals surface area (Å²) in [5, 5.41) is 14.3. The highest BCUT2D eigenvalue weighted by molar-refractivity contribution is 6.04. The molecule has 34 heavy (non-hydrogen) atoms. The standard InChI is InChI=1S/C30H47NO3/c1-6-7-8-9-15-26-28(33)24-19-27(32)23-16-18-30(5,34-29(23)25(24)20-31-26)17-11-14-22(4)13-10-12-21(2)3/h12,14,19,23,26,29,31-32H,6-11,13,15-18,20H2,1-5H3/b22-14+/t23?,26?,29?,30-/m0/s1. The average Bonchev–Trinajstić information content (AvgIpc) is 2.78. The monoisotopic (exact) mass is 469 g/mol. The second-order valence-corrected chi connectivity index (χ2v) is 11.2. The highest BCUT2D eigenvalue weighted by Crippen LogP contribution is 2.44. The van der Waals surface area contributed by atoms with Crippen LogP contribution in [-0.4, -0.2) is 35.2 Å². The number of unbranched alkanes of at least 4 members (excludes halogenated alkanes) is 3. The molecule has 4 heteroatoms. The molecule has 2 N–H and O–H groups in total. The molecule has 0 aromatic heterocycles. The number of nitrogens with one attached hydrogen (secondary N) is 1. The fraction of sp³-hybridized carbons (Fsp3) is 0.700. The second kappa shape index (κ2) is 12.4. The van der Waals surface area contributed by atoms with E-state index in [9.17, 15) is 9.90 Å². The molecule has 0 spiro atoms. The SMILES string of the molecule is CCCCCCC1NCC2=C(C=C(O)C3CC[C@](C)(CC/C=C(\C)CCC=C(C)C)OC23)C1=O. The number of ether oxygens (including phenoxy) is 1. The highest BCUT2D eigenvalue weighted by Gasteiger charge is 2.46. The molecule has 2 aliphatic heterocycles. The van der Waals surface area contributed by atoms with Crippen molar-refractivity contribution in [3.8, 4) is 0 Å². The van der Waals surface area contributed by atoms with Crippen molar-refractivity contribution < 1.29 is 14.6 Å². The quantitative estimate of drug-likeness (QED) is 0.247. The molecule has 0 aromatic carbocycles. The predicted octanol–water partition coefficient (Wildman–Crippen LogP) is 7.28. The molecule has 4 atom stereocenters. The van der Waals surface area contributed by atoms with E-state index in [1.165, 1.54) is 30.4 Å². The summed E-state index contributed by atoms with van der Waals surface area (Å²) >= 11 is 0. The van der Waals surface area contributed by atoms with E-state index in [0.717, 1.165) is 56.9 Å². The molecule has 3 unspecified atom stereocenters. The lowest BCUT2D eigenvalue weighted by atomic mass is 9.74. The maximum atomic E-state index is 13.2. The molecule has 3 rings (SSSR count). The van der Waals surface area contributed by atoms with Crippen LogP contribution in [0.3, 0.4) is 0 Å². The Labute approximate surface area is 207 Å². The van der Waals surface area contributed by atoms with Gasteiger partial charge in [0.05, 0.1) is 23.5 Å². The van der Waals surface area contributed by atoms with Crippen LogP contribution in [0.15, 0.2) is 46.3 Å². The normalized spacial score (nSPS) is 29.4. The van der Waals surface area contributed by atoms with E-state index < -0.39 is 0 Å². The highest BCUT2D eigenvalue weighted by atomic mass is 16.5. The van der Waals surface area contributed by atoms with Gasteiger partial charge in [-0.1, -0.05) is 55.9 Å². The summed E-state index contributed by atoms with van der Waals surface area (Å²) < 4.78 is 6.72. The van der Waals surface area contributed by atoms with Gasteiger partial charge in [-0.05, 0) is 84.3 Å². The zero-order chi connectivity index (χ0) is 24.7. The van der Waals surface area contributed by atoms with Gasteiger partial charge in [-0.15, -0.1) is 0 Å². The summed E-state index contributed by atoms with van der Waals surface area (Å²) in [7, 11) is 0. The first kappa shape index (κ1) is 26.9. The second-order valence-electron chi connectivity index (χ2n) is 11.2. The summed E-state index contributed by atoms with van der Waals surface area (Å²) in [6.45, 7) is 11.6. The van der Waals surface area contributed by atoms with Gasteiger partial charge in [0.2, 0.25) is 0 Å². The molecular weight excluding hydrogens is 422 g/mol. The largest absolute Gasteiger partial charge is 0.512 e. The smallest absolute Gasteiger partial charge is 0.179 e. The maximum absolute atomic E-state index is 13.2. The van der Waals surface area contributed by atoms with Crippen molar-refractivity contribution in [1.29, 1.82) is 0 Å². The number of hydrogen-bond acceptors (Lipinski definition) is 4. The molecular formula is C30H47NO3. The Morgan fingerprint density at radius 3 is 2.74 bits per heavy atom. The van der Waals surface area contributed by atoms with Gasteiger partial charge in [0.15, 0.2) is 5.78 Å². The molecule has 3 aliphatic rings. The Morgan fingerprint density at radius 2 is 2.00 bits per heavy atom. The van der Waals surface area contributed by atoms with Gasteiger partial charge in [0, 0.05) is 18.0 Å². The lowest BCUT2D eigenvalue weighted by Crippen LogP contribution is -2.52. The number of aliphatic hydroxyl groups excluding tert-OH is 1. The summed E-state index contributed by atoms with van der Waals surface area (Å²) in [5.41, 5.74) is 4.34. The van der Waals surface area contributed by atoms with Crippen molar-refractivity contribution in [3.05, 3.63) is 46.3 Å². The first-order chi connectivity index (χ1) is 16.2. The third-order valence-corrected chi connectivity index (χ3v) is 7.85. The third kappa shape index (κ3) is 6.95. The molecule has 1 saturated heterocycles. The molecule has 0 aromatic rings. The number of Topliss-reactive ketones (excluding diaryl/α,β-unsaturated/α-hetero) is 1. The van der Waals surface area contributed by atoms with Crippen molar-refractivity contribution in [2.75, 3.05) is 6.54 Å². The minimum absolute atomic E-state index is 0.0242. The summed E-state index contributed by atoms with van der Waals surface area (Å²) in [4.78, 5) is 13.2. The zero-order valence-electron chi connectivity index (χ0n) is 22.2. The van der Waals surface area contributed by atoms with Gasteiger partial charge in [-0.3, -0.25) is 4.79 Å². The number of allylic oxidation sites excluding steroid dienone is 5. The van der Waals surface area contributed by atoms with Crippen LogP contribution in [0.4, 0.5) is 0 Å². The molecule has 1 aliphatic carbocycles. The van der Waals surface area contributed by atoms with Crippen LogP contribution in [0.1, 0.15) is 105 Å². The van der Waals surface area contributed by atoms with E-state index in [4.69, 9.17) is 4.74 Å². The number of ketones is 1. The van der Waals surface area contributed by atoms with E-state index in [-0.39, 0.29) is 29.4 Å². The van der Waals surface area contributed by atoms with Crippen LogP contribution in [0.5, 0.6) is 0 Å². The van der Waals surface area contributed by atoms with E-state index >= 15 is 0 Å². The number of carbonyl (C=O) groups is 1. The number of carbonyl (C=O) groups excluding carboxylic acids is 1. The van der Waals surface area contributed by atoms with Crippen molar-refractivity contribution in [1.82, 2.24) is 5.32 Å². The summed E-state index contributed by atoms with van der Waals surface area (Å²) in [5.74, 6) is 0.443. The minimum atomic E-state index is -0.229. The van der Waals surface area contributed by atoms with Crippen LogP contribution >= 0.6 is 0 Å². The number of rotatable bonds is 11. The Hall–Kier alpha value is -1.65. The van der Waals surface area contributed by atoms with Crippen LogP contribution in [0, 0.1) is 5.92 Å². The molecule has 1 fully saturated rings. The predicted molar refractivity (Wildman–Crippen MR) is 141 cm³/mol. The first-order valence-electron chi connectivity index (χ1n) is 13.6. The van der Waals surface area contributed by atoms with Gasteiger partial charge in [0.1, 0.15) is 0 Å². The van der Waals surface area contributed by atoms with Crippen molar-refractivity contribution in [2.24, 2.45) is 5.92 Å². The molecule has 4 nitrogen and oxygen atoms in total.